The second-order valence-corrected chi connectivity index (χ2v) is 9.77. The number of halogens is 1. The van der Waals surface area contributed by atoms with E-state index in [-0.39, 0.29) is 36.7 Å². The van der Waals surface area contributed by atoms with Crippen LogP contribution in [-0.2, 0) is 35.5 Å². The fourth-order valence-electron chi connectivity index (χ4n) is 5.60. The molecule has 1 aliphatic carbocycles. The van der Waals surface area contributed by atoms with Gasteiger partial charge in [-0.05, 0) is 48.9 Å². The Kier molecular flexibility index (Phi) is 9.08. The van der Waals surface area contributed by atoms with Crippen molar-refractivity contribution in [1.29, 1.82) is 0 Å². The minimum absolute atomic E-state index is 0.00611. The van der Waals surface area contributed by atoms with Crippen LogP contribution in [0.4, 0.5) is 4.39 Å². The molecule has 1 aromatic carbocycles. The van der Waals surface area contributed by atoms with Crippen molar-refractivity contribution in [3.05, 3.63) is 73.6 Å². The van der Waals surface area contributed by atoms with E-state index >= 15 is 0 Å². The number of carbonyl (C=O) groups is 1. The summed E-state index contributed by atoms with van der Waals surface area (Å²) in [5, 5.41) is 21.0. The van der Waals surface area contributed by atoms with Gasteiger partial charge in [-0.3, -0.25) is 4.79 Å². The highest BCUT2D eigenvalue weighted by molar-refractivity contribution is 5.92. The molecule has 0 radical (unpaired) electrons. The number of hydrogen-bond acceptors (Lipinski definition) is 10. The average molecular weight is 569 g/mol. The van der Waals surface area contributed by atoms with Gasteiger partial charge in [0.2, 0.25) is 0 Å². The lowest BCUT2D eigenvalue weighted by molar-refractivity contribution is -0.157. The highest BCUT2D eigenvalue weighted by Gasteiger charge is 2.35. The van der Waals surface area contributed by atoms with Crippen LogP contribution in [0, 0.1) is 12.7 Å². The Labute approximate surface area is 237 Å². The molecule has 4 heterocycles. The molecular weight excluding hydrogens is 531 g/mol. The molecule has 12 heteroatoms. The first-order valence-corrected chi connectivity index (χ1v) is 13.7. The van der Waals surface area contributed by atoms with Crippen molar-refractivity contribution >= 4 is 16.9 Å². The van der Waals surface area contributed by atoms with Crippen molar-refractivity contribution in [2.24, 2.45) is 17.3 Å². The Morgan fingerprint density at radius 2 is 1.93 bits per heavy atom. The Bertz CT molecular complexity index is 1580. The summed E-state index contributed by atoms with van der Waals surface area (Å²) in [6.07, 6.45) is 2.44. The number of hydrazine groups is 1. The number of aromatic nitrogens is 2. The lowest BCUT2D eigenvalue weighted by Gasteiger charge is -2.22. The van der Waals surface area contributed by atoms with Gasteiger partial charge in [-0.2, -0.15) is 0 Å². The summed E-state index contributed by atoms with van der Waals surface area (Å²) in [5.41, 5.74) is 16.9. The molecule has 0 fully saturated rings. The highest BCUT2D eigenvalue weighted by Crippen LogP contribution is 2.41. The first kappa shape index (κ1) is 30.1. The van der Waals surface area contributed by atoms with E-state index in [1.165, 1.54) is 17.3 Å². The van der Waals surface area contributed by atoms with Crippen molar-refractivity contribution in [1.82, 2.24) is 14.6 Å². The molecule has 220 valence electrons. The van der Waals surface area contributed by atoms with Crippen molar-refractivity contribution in [3.8, 4) is 11.4 Å². The van der Waals surface area contributed by atoms with E-state index in [0.29, 0.717) is 46.8 Å². The maximum absolute atomic E-state index is 14.5. The largest absolute Gasteiger partial charge is 0.458 e. The summed E-state index contributed by atoms with van der Waals surface area (Å²) >= 11 is 0. The van der Waals surface area contributed by atoms with Gasteiger partial charge < -0.3 is 36.0 Å². The molecule has 3 aromatic rings. The van der Waals surface area contributed by atoms with Gasteiger partial charge in [-0.15, -0.1) is 0 Å². The van der Waals surface area contributed by atoms with Crippen molar-refractivity contribution in [3.63, 3.8) is 0 Å². The molecule has 0 saturated carbocycles. The monoisotopic (exact) mass is 568 g/mol. The van der Waals surface area contributed by atoms with Gasteiger partial charge >= 0.3 is 5.97 Å². The van der Waals surface area contributed by atoms with E-state index in [2.05, 4.69) is 0 Å². The maximum Gasteiger partial charge on any atom is 0.340 e. The van der Waals surface area contributed by atoms with Gasteiger partial charge in [0.1, 0.15) is 12.4 Å². The number of carbonyl (C=O) groups excluding carboxylic acids is 1. The van der Waals surface area contributed by atoms with Crippen LogP contribution in [-0.4, -0.2) is 50.4 Å². The van der Waals surface area contributed by atoms with Crippen molar-refractivity contribution in [2.75, 3.05) is 19.7 Å². The minimum Gasteiger partial charge on any atom is -0.458 e. The van der Waals surface area contributed by atoms with E-state index < -0.39 is 12.1 Å². The van der Waals surface area contributed by atoms with Gasteiger partial charge in [0.15, 0.2) is 6.10 Å². The number of cyclic esters (lactones) is 1. The molecule has 11 nitrogen and oxygen atoms in total. The molecule has 0 bridgehead atoms. The molecule has 0 amide bonds. The zero-order valence-corrected chi connectivity index (χ0v) is 23.5. The van der Waals surface area contributed by atoms with Crippen LogP contribution in [0.5, 0.6) is 0 Å². The molecule has 1 unspecified atom stereocenters. The number of benzene rings is 1. The zero-order valence-electron chi connectivity index (χ0n) is 23.5. The molecule has 1 atom stereocenters. The van der Waals surface area contributed by atoms with Crippen molar-refractivity contribution < 1.29 is 24.1 Å². The molecular formula is C29H37FN6O5. The highest BCUT2D eigenvalue weighted by atomic mass is 19.1. The fraction of sp³-hybridized carbons (Fsp3) is 0.414. The number of hydrogen-bond donors (Lipinski definition) is 5. The third kappa shape index (κ3) is 5.19. The Morgan fingerprint density at radius 1 is 1.22 bits per heavy atom. The number of fused-ring (bicyclic) bond motifs is 5. The van der Waals surface area contributed by atoms with Crippen LogP contribution in [0.15, 0.2) is 28.8 Å². The predicted octanol–water partition coefficient (Wildman–Crippen LogP) is 1.39. The average Bonchev–Trinajstić information content (AvgIpc) is 3.35. The summed E-state index contributed by atoms with van der Waals surface area (Å²) < 4.78 is 21.1. The first-order valence-electron chi connectivity index (χ1n) is 13.7. The van der Waals surface area contributed by atoms with Crippen LogP contribution < -0.4 is 22.9 Å². The topological polar surface area (TPSA) is 183 Å². The van der Waals surface area contributed by atoms with E-state index in [1.807, 2.05) is 13.8 Å². The van der Waals surface area contributed by atoms with Crippen LogP contribution in [0.2, 0.25) is 0 Å². The Morgan fingerprint density at radius 3 is 2.59 bits per heavy atom. The van der Waals surface area contributed by atoms with Gasteiger partial charge in [0.25, 0.3) is 5.56 Å². The molecule has 0 spiro atoms. The molecule has 2 aliphatic heterocycles. The van der Waals surface area contributed by atoms with Gasteiger partial charge in [0, 0.05) is 35.3 Å². The summed E-state index contributed by atoms with van der Waals surface area (Å²) in [5.74, 6) is 4.36. The molecule has 3 aliphatic rings. The summed E-state index contributed by atoms with van der Waals surface area (Å²) in [6.45, 7) is 6.67. The summed E-state index contributed by atoms with van der Waals surface area (Å²) in [4.78, 5) is 29.6. The van der Waals surface area contributed by atoms with E-state index in [1.54, 1.807) is 17.6 Å². The maximum atomic E-state index is 14.5. The van der Waals surface area contributed by atoms with Crippen LogP contribution in [0.25, 0.3) is 22.3 Å². The summed E-state index contributed by atoms with van der Waals surface area (Å²) in [7, 11) is 0. The standard InChI is InChI=1S/C22H17FN2O4.C5H14N4O.C2H6/c1-9-10-3-2-4-11-13-7-25-17(19(13)24-16(18(10)11)6-15(9)23)5-12-14(21(25)27)8-29-22(28)20(12)26;6-3-5(4-7)9(8)1-2-10;1-2/h5-6,20,26H,2-4,7-8H2,1H3;3,10H,1-2,4,6-8H2;1-2H3/b;5-3-;. The van der Waals surface area contributed by atoms with Crippen LogP contribution >= 0.6 is 0 Å². The number of aryl methyl sites for hydroxylation is 2. The number of rotatable bonds is 4. The molecule has 0 saturated heterocycles. The van der Waals surface area contributed by atoms with Crippen LogP contribution in [0.1, 0.15) is 59.8 Å². The molecule has 6 rings (SSSR count). The SMILES string of the molecule is CC.Cc1c(F)cc2nc3c(c4c2c1CCC4)Cn1c-3cc2c(c1=O)COC(=O)C2O.N/C=C(/CN)N(N)CCO. The Hall–Kier alpha value is -3.84. The second-order valence-electron chi connectivity index (χ2n) is 9.77. The number of aliphatic hydroxyl groups excluding tert-OH is 2. The number of aliphatic hydroxyl groups is 2. The number of esters is 1. The van der Waals surface area contributed by atoms with Gasteiger partial charge in [-0.25, -0.2) is 20.0 Å². The van der Waals surface area contributed by atoms with Gasteiger partial charge in [0.05, 0.1) is 47.9 Å². The predicted molar refractivity (Wildman–Crippen MR) is 153 cm³/mol. The van der Waals surface area contributed by atoms with E-state index in [0.717, 1.165) is 41.3 Å². The lowest BCUT2D eigenvalue weighted by atomic mass is 9.85. The quantitative estimate of drug-likeness (QED) is 0.137. The van der Waals surface area contributed by atoms with E-state index in [9.17, 15) is 19.1 Å². The lowest BCUT2D eigenvalue weighted by Crippen LogP contribution is -2.36. The third-order valence-corrected chi connectivity index (χ3v) is 7.65. The van der Waals surface area contributed by atoms with Crippen molar-refractivity contribution in [2.45, 2.75) is 59.3 Å². The number of nitrogens with two attached hydrogens (primary N) is 3. The second kappa shape index (κ2) is 12.4. The fourth-order valence-corrected chi connectivity index (χ4v) is 5.60. The molecule has 8 N–H and O–H groups in total. The molecule has 2 aromatic heterocycles. The number of pyridine rings is 2. The number of nitrogens with zero attached hydrogens (tertiary/aromatic N) is 3. The third-order valence-electron chi connectivity index (χ3n) is 7.65. The smallest absolute Gasteiger partial charge is 0.340 e. The number of ether oxygens (including phenoxy) is 1. The first-order chi connectivity index (χ1) is 19.7. The van der Waals surface area contributed by atoms with E-state index in [4.69, 9.17) is 32.1 Å². The normalized spacial score (nSPS) is 16.4. The van der Waals surface area contributed by atoms with Gasteiger partial charge in [-0.1, -0.05) is 13.8 Å². The minimum atomic E-state index is -1.48. The molecule has 41 heavy (non-hydrogen) atoms. The summed E-state index contributed by atoms with van der Waals surface area (Å²) in [6, 6.07) is 3.13. The van der Waals surface area contributed by atoms with Crippen LogP contribution in [0.3, 0.4) is 0 Å². The Balaban J connectivity index is 0.000000277. The zero-order chi connectivity index (χ0) is 30.0.